The maximum absolute atomic E-state index is 13.6. The minimum atomic E-state index is -0.489. The Balaban J connectivity index is 1.75. The van der Waals surface area contributed by atoms with Crippen molar-refractivity contribution < 1.29 is 14.3 Å². The molecule has 3 rings (SSSR count). The Morgan fingerprint density at radius 3 is 2.96 bits per heavy atom. The van der Waals surface area contributed by atoms with Crippen molar-refractivity contribution in [1.29, 1.82) is 0 Å². The van der Waals surface area contributed by atoms with Crippen molar-refractivity contribution in [2.45, 2.75) is 6.42 Å². The fourth-order valence-electron chi connectivity index (χ4n) is 1.86. The van der Waals surface area contributed by atoms with Gasteiger partial charge in [0.2, 0.25) is 11.6 Å². The Kier molecular flexibility index (Phi) is 4.20. The van der Waals surface area contributed by atoms with Crippen LogP contribution in [-0.4, -0.2) is 36.5 Å². The van der Waals surface area contributed by atoms with E-state index in [-0.39, 0.29) is 23.1 Å². The first-order valence-corrected chi connectivity index (χ1v) is 7.38. The highest BCUT2D eigenvalue weighted by molar-refractivity contribution is 7.11. The van der Waals surface area contributed by atoms with Crippen molar-refractivity contribution in [3.8, 4) is 0 Å². The van der Waals surface area contributed by atoms with Crippen molar-refractivity contribution in [3.05, 3.63) is 63.6 Å². The third-order valence-electron chi connectivity index (χ3n) is 2.93. The Morgan fingerprint density at radius 1 is 1.39 bits per heavy atom. The number of rotatable bonds is 5. The lowest BCUT2D eigenvalue weighted by Crippen LogP contribution is -1.98. The molecule has 0 atom stereocenters. The first kappa shape index (κ1) is 15.0. The van der Waals surface area contributed by atoms with E-state index in [2.05, 4.69) is 25.6 Å². The Bertz CT molecular complexity index is 860. The van der Waals surface area contributed by atoms with Crippen molar-refractivity contribution in [2.24, 2.45) is 0 Å². The maximum atomic E-state index is 13.6. The first-order chi connectivity index (χ1) is 11.1. The average molecular weight is 331 g/mol. The van der Waals surface area contributed by atoms with Crippen LogP contribution in [0.15, 0.2) is 35.7 Å². The molecule has 2 aromatic heterocycles. The minimum absolute atomic E-state index is 0.0820. The van der Waals surface area contributed by atoms with Gasteiger partial charge in [-0.05, 0) is 16.8 Å². The highest BCUT2D eigenvalue weighted by Crippen LogP contribution is 2.17. The molecule has 116 valence electrons. The number of allylic oxidation sites excluding steroid dienone is 1. The number of carbonyl (C=O) groups excluding carboxylic acids is 1. The lowest BCUT2D eigenvalue weighted by Gasteiger charge is -1.99. The molecule has 2 N–H and O–H groups in total. The second-order valence-electron chi connectivity index (χ2n) is 4.54. The van der Waals surface area contributed by atoms with Crippen LogP contribution < -0.4 is 0 Å². The van der Waals surface area contributed by atoms with Crippen molar-refractivity contribution in [1.82, 2.24) is 25.6 Å². The molecule has 0 aliphatic heterocycles. The minimum Gasteiger partial charge on any atom is -0.504 e. The third-order valence-corrected chi connectivity index (χ3v) is 3.84. The molecule has 0 bridgehead atoms. The molecule has 0 saturated heterocycles. The van der Waals surface area contributed by atoms with Crippen LogP contribution in [0, 0.1) is 5.82 Å². The molecule has 0 aliphatic carbocycles. The van der Waals surface area contributed by atoms with E-state index in [1.54, 1.807) is 23.6 Å². The fourth-order valence-corrected chi connectivity index (χ4v) is 2.59. The molecule has 0 amide bonds. The van der Waals surface area contributed by atoms with Gasteiger partial charge in [-0.15, -0.1) is 21.5 Å². The number of thiazole rings is 1. The number of H-pyrrole nitrogens is 1. The van der Waals surface area contributed by atoms with Gasteiger partial charge in [0.25, 0.3) is 0 Å². The molecule has 0 saturated carbocycles. The molecule has 9 heteroatoms. The molecule has 0 radical (unpaired) electrons. The number of ketones is 1. The van der Waals surface area contributed by atoms with Gasteiger partial charge in [0.15, 0.2) is 10.8 Å². The summed E-state index contributed by atoms with van der Waals surface area (Å²) in [5.74, 6) is -1.30. The number of aliphatic hydroxyl groups is 1. The first-order valence-electron chi connectivity index (χ1n) is 6.50. The second-order valence-corrected chi connectivity index (χ2v) is 5.40. The van der Waals surface area contributed by atoms with E-state index in [1.165, 1.54) is 6.07 Å². The fraction of sp³-hybridized carbons (Fsp3) is 0.0714. The van der Waals surface area contributed by atoms with Crippen LogP contribution in [-0.2, 0) is 6.42 Å². The molecule has 2 heterocycles. The Morgan fingerprint density at radius 2 is 2.22 bits per heavy atom. The molecule has 3 aromatic rings. The summed E-state index contributed by atoms with van der Waals surface area (Å²) in [5.41, 5.74) is 1.08. The molecule has 0 spiro atoms. The van der Waals surface area contributed by atoms with Gasteiger partial charge >= 0.3 is 0 Å². The molecular weight excluding hydrogens is 321 g/mol. The number of halogens is 1. The summed E-state index contributed by atoms with van der Waals surface area (Å²) >= 11 is 1.12. The van der Waals surface area contributed by atoms with Crippen LogP contribution in [0.5, 0.6) is 0 Å². The average Bonchev–Trinajstić information content (AvgIpc) is 3.21. The standard InChI is InChI=1S/C14H10FN5O2S/c15-10-4-2-1-3-8(10)5-9-7-23-14(16-9)12(22)6-11(21)13-17-19-20-18-13/h1-4,6-7,21H,5H2,(H,17,18,19,20). The highest BCUT2D eigenvalue weighted by Gasteiger charge is 2.13. The molecule has 0 aliphatic rings. The number of tetrazole rings is 1. The lowest BCUT2D eigenvalue weighted by molar-refractivity contribution is 0.104. The van der Waals surface area contributed by atoms with Crippen molar-refractivity contribution in [3.63, 3.8) is 0 Å². The SMILES string of the molecule is O=C(C=C(O)c1nn[nH]n1)c1nc(Cc2ccccc2F)cs1. The number of benzene rings is 1. The van der Waals surface area contributed by atoms with Gasteiger partial charge in [0.05, 0.1) is 5.69 Å². The monoisotopic (exact) mass is 331 g/mol. The number of aromatic amines is 1. The largest absolute Gasteiger partial charge is 0.504 e. The van der Waals surface area contributed by atoms with Crippen LogP contribution >= 0.6 is 11.3 Å². The van der Waals surface area contributed by atoms with Gasteiger partial charge in [-0.25, -0.2) is 9.37 Å². The van der Waals surface area contributed by atoms with Crippen LogP contribution in [0.2, 0.25) is 0 Å². The van der Waals surface area contributed by atoms with E-state index in [1.807, 2.05) is 0 Å². The predicted molar refractivity (Wildman–Crippen MR) is 80.4 cm³/mol. The van der Waals surface area contributed by atoms with Gasteiger partial charge in [0.1, 0.15) is 5.82 Å². The topological polar surface area (TPSA) is 105 Å². The van der Waals surface area contributed by atoms with E-state index in [0.29, 0.717) is 11.3 Å². The molecule has 0 fully saturated rings. The Hall–Kier alpha value is -2.94. The van der Waals surface area contributed by atoms with Gasteiger partial charge < -0.3 is 5.11 Å². The number of carbonyl (C=O) groups is 1. The van der Waals surface area contributed by atoms with E-state index in [4.69, 9.17) is 0 Å². The lowest BCUT2D eigenvalue weighted by atomic mass is 10.1. The smallest absolute Gasteiger partial charge is 0.239 e. The molecule has 23 heavy (non-hydrogen) atoms. The van der Waals surface area contributed by atoms with Gasteiger partial charge in [-0.3, -0.25) is 4.79 Å². The molecule has 7 nitrogen and oxygen atoms in total. The second kappa shape index (κ2) is 6.44. The summed E-state index contributed by atoms with van der Waals surface area (Å²) in [5, 5.41) is 24.1. The van der Waals surface area contributed by atoms with Crippen molar-refractivity contribution >= 4 is 22.9 Å². The van der Waals surface area contributed by atoms with E-state index >= 15 is 0 Å². The quantitative estimate of drug-likeness (QED) is 0.422. The van der Waals surface area contributed by atoms with Crippen molar-refractivity contribution in [2.75, 3.05) is 0 Å². The normalized spacial score (nSPS) is 11.6. The van der Waals surface area contributed by atoms with E-state index in [0.717, 1.165) is 17.4 Å². The number of nitrogens with zero attached hydrogens (tertiary/aromatic N) is 4. The number of aromatic nitrogens is 5. The summed E-state index contributed by atoms with van der Waals surface area (Å²) in [6, 6.07) is 6.39. The zero-order chi connectivity index (χ0) is 16.2. The summed E-state index contributed by atoms with van der Waals surface area (Å²) in [7, 11) is 0. The Labute approximate surface area is 133 Å². The highest BCUT2D eigenvalue weighted by atomic mass is 32.1. The van der Waals surface area contributed by atoms with Crippen LogP contribution in [0.3, 0.4) is 0 Å². The van der Waals surface area contributed by atoms with Gasteiger partial charge in [-0.1, -0.05) is 18.2 Å². The zero-order valence-corrected chi connectivity index (χ0v) is 12.4. The van der Waals surface area contributed by atoms with E-state index < -0.39 is 11.5 Å². The molecule has 1 aromatic carbocycles. The van der Waals surface area contributed by atoms with Gasteiger partial charge in [-0.2, -0.15) is 5.21 Å². The maximum Gasteiger partial charge on any atom is 0.239 e. The summed E-state index contributed by atoms with van der Waals surface area (Å²) < 4.78 is 13.6. The number of nitrogens with one attached hydrogen (secondary N) is 1. The summed E-state index contributed by atoms with van der Waals surface area (Å²) in [6.45, 7) is 0. The van der Waals surface area contributed by atoms with Crippen LogP contribution in [0.1, 0.15) is 26.9 Å². The van der Waals surface area contributed by atoms with Gasteiger partial charge in [0, 0.05) is 17.9 Å². The molecular formula is C14H10FN5O2S. The van der Waals surface area contributed by atoms with Crippen LogP contribution in [0.4, 0.5) is 4.39 Å². The predicted octanol–water partition coefficient (Wildman–Crippen LogP) is 2.17. The molecule has 0 unspecified atom stereocenters. The van der Waals surface area contributed by atoms with E-state index in [9.17, 15) is 14.3 Å². The number of hydrogen-bond acceptors (Lipinski definition) is 7. The third kappa shape index (κ3) is 3.46. The number of aliphatic hydroxyl groups excluding tert-OH is 1. The summed E-state index contributed by atoms with van der Waals surface area (Å²) in [4.78, 5) is 16.2. The summed E-state index contributed by atoms with van der Waals surface area (Å²) in [6.07, 6.45) is 1.26. The number of hydrogen-bond donors (Lipinski definition) is 2. The zero-order valence-electron chi connectivity index (χ0n) is 11.6. The van der Waals surface area contributed by atoms with Crippen LogP contribution in [0.25, 0.3) is 5.76 Å².